The van der Waals surface area contributed by atoms with Crippen molar-refractivity contribution in [1.29, 1.82) is 0 Å². The van der Waals surface area contributed by atoms with Gasteiger partial charge in [0.05, 0.1) is 10.3 Å². The van der Waals surface area contributed by atoms with Crippen LogP contribution in [0, 0.1) is 0 Å². The summed E-state index contributed by atoms with van der Waals surface area (Å²) in [6.07, 6.45) is 0. The van der Waals surface area contributed by atoms with Crippen molar-refractivity contribution < 1.29 is 21.9 Å². The smallest absolute Gasteiger partial charge is 0.385 e. The summed E-state index contributed by atoms with van der Waals surface area (Å²) in [6, 6.07) is 7.93. The second-order valence-corrected chi connectivity index (χ2v) is 4.80. The van der Waals surface area contributed by atoms with E-state index in [-0.39, 0.29) is 16.2 Å². The van der Waals surface area contributed by atoms with Crippen LogP contribution in [0.15, 0.2) is 30.3 Å². The number of hydrogen-bond donors (Lipinski definition) is 0. The number of carbonyl (C=O) groups excluding carboxylic acids is 1. The van der Waals surface area contributed by atoms with E-state index in [0.717, 1.165) is 4.80 Å². The summed E-state index contributed by atoms with van der Waals surface area (Å²) < 4.78 is 33.3. The molecule has 0 atom stereocenters. The van der Waals surface area contributed by atoms with Crippen molar-refractivity contribution in [2.45, 2.75) is 13.5 Å². The molecule has 2 aromatic rings. The molecule has 0 saturated carbocycles. The third kappa shape index (κ3) is 2.66. The number of hydrogen-bond acceptors (Lipinski definition) is 6. The molecule has 0 aliphatic rings. The maximum absolute atomic E-state index is 12.1. The lowest BCUT2D eigenvalue weighted by Crippen LogP contribution is -2.49. The first kappa shape index (κ1) is 13.3. The summed E-state index contributed by atoms with van der Waals surface area (Å²) in [7, 11) is -4.92. The van der Waals surface area contributed by atoms with E-state index in [0.29, 0.717) is 0 Å². The van der Waals surface area contributed by atoms with Crippen LogP contribution in [0.5, 0.6) is 0 Å². The van der Waals surface area contributed by atoms with Crippen molar-refractivity contribution in [3.63, 3.8) is 0 Å². The molecule has 1 aromatic carbocycles. The van der Waals surface area contributed by atoms with Crippen LogP contribution >= 0.6 is 0 Å². The molecule has 0 saturated heterocycles. The maximum atomic E-state index is 12.1. The zero-order valence-corrected chi connectivity index (χ0v) is 10.7. The lowest BCUT2D eigenvalue weighted by atomic mass is 10.1. The van der Waals surface area contributed by atoms with Crippen LogP contribution in [-0.4, -0.2) is 33.9 Å². The molecule has 0 unspecified atom stereocenters. The van der Waals surface area contributed by atoms with Gasteiger partial charge in [-0.25, -0.2) is 8.42 Å². The predicted octanol–water partition coefficient (Wildman–Crippen LogP) is -0.875. The van der Waals surface area contributed by atoms with Gasteiger partial charge in [0.25, 0.3) is 16.1 Å². The summed E-state index contributed by atoms with van der Waals surface area (Å²) in [5.74, 6) is -1.21. The fourth-order valence-corrected chi connectivity index (χ4v) is 1.94. The van der Waals surface area contributed by atoms with E-state index >= 15 is 0 Å². The molecule has 0 amide bonds. The van der Waals surface area contributed by atoms with E-state index < -0.39 is 21.9 Å². The first-order valence-electron chi connectivity index (χ1n) is 5.37. The van der Waals surface area contributed by atoms with Gasteiger partial charge in [0.2, 0.25) is 0 Å². The Balaban J connectivity index is 2.56. The molecule has 9 heteroatoms. The first-order chi connectivity index (χ1) is 8.93. The maximum Gasteiger partial charge on any atom is 0.385 e. The standard InChI is InChI=1S/C10H10N4O4S/c1-2-13-11-10(14(12-13)19(16,17)18)9(15)8-6-4-3-5-7-8/h3-7H,2H2,1H3. The van der Waals surface area contributed by atoms with Crippen LogP contribution in [0.2, 0.25) is 0 Å². The van der Waals surface area contributed by atoms with Gasteiger partial charge in [-0.15, -0.1) is 0 Å². The highest BCUT2D eigenvalue weighted by atomic mass is 32.2. The Morgan fingerprint density at radius 1 is 1.37 bits per heavy atom. The zero-order chi connectivity index (χ0) is 14.0. The third-order valence-corrected chi connectivity index (χ3v) is 2.98. The molecular weight excluding hydrogens is 272 g/mol. The molecule has 0 bridgehead atoms. The number of nitrogens with zero attached hydrogens (tertiary/aromatic N) is 4. The minimum atomic E-state index is -4.92. The molecule has 0 aliphatic carbocycles. The fraction of sp³-hybridized carbons (Fsp3) is 0.200. The van der Waals surface area contributed by atoms with Crippen LogP contribution in [0.25, 0.3) is 0 Å². The van der Waals surface area contributed by atoms with Crippen molar-refractivity contribution in [2.75, 3.05) is 0 Å². The Morgan fingerprint density at radius 2 is 2.00 bits per heavy atom. The van der Waals surface area contributed by atoms with Gasteiger partial charge in [0.15, 0.2) is 0 Å². The van der Waals surface area contributed by atoms with Gasteiger partial charge in [-0.2, -0.15) is 0 Å². The van der Waals surface area contributed by atoms with Crippen LogP contribution in [0.3, 0.4) is 0 Å². The Kier molecular flexibility index (Phi) is 3.40. The number of benzene rings is 1. The summed E-state index contributed by atoms with van der Waals surface area (Å²) in [5, 5.41) is 7.16. The molecule has 2 rings (SSSR count). The van der Waals surface area contributed by atoms with E-state index in [1.807, 2.05) is 0 Å². The highest BCUT2D eigenvalue weighted by Crippen LogP contribution is 2.04. The molecule has 0 aliphatic heterocycles. The Labute approximate surface area is 109 Å². The zero-order valence-electron chi connectivity index (χ0n) is 9.92. The van der Waals surface area contributed by atoms with Crippen molar-refractivity contribution in [3.05, 3.63) is 41.7 Å². The number of tetrazole rings is 1. The highest BCUT2D eigenvalue weighted by molar-refractivity contribution is 7.78. The quantitative estimate of drug-likeness (QED) is 0.409. The molecule has 100 valence electrons. The molecule has 0 fully saturated rings. The minimum absolute atomic E-state index is 0.103. The number of aromatic nitrogens is 4. The summed E-state index contributed by atoms with van der Waals surface area (Å²) >= 11 is 0. The monoisotopic (exact) mass is 282 g/mol. The van der Waals surface area contributed by atoms with Gasteiger partial charge in [0.1, 0.15) is 6.54 Å². The summed E-state index contributed by atoms with van der Waals surface area (Å²) in [6.45, 7) is 1.89. The normalized spacial score (nSPS) is 11.5. The van der Waals surface area contributed by atoms with E-state index in [1.54, 1.807) is 25.1 Å². The van der Waals surface area contributed by atoms with Gasteiger partial charge in [-0.3, -0.25) is 4.79 Å². The van der Waals surface area contributed by atoms with Crippen LogP contribution in [0.1, 0.15) is 23.1 Å². The molecule has 0 N–H and O–H groups in total. The molecule has 19 heavy (non-hydrogen) atoms. The van der Waals surface area contributed by atoms with Crippen LogP contribution < -0.4 is 4.09 Å². The Bertz CT molecular complexity index is 708. The topological polar surface area (TPSA) is 109 Å². The third-order valence-electron chi connectivity index (χ3n) is 2.31. The van der Waals surface area contributed by atoms with Crippen molar-refractivity contribution in [3.8, 4) is 0 Å². The Morgan fingerprint density at radius 3 is 2.53 bits per heavy atom. The minimum Gasteiger partial charge on any atom is -0.717 e. The number of carbonyl (C=O) groups is 1. The van der Waals surface area contributed by atoms with E-state index in [9.17, 15) is 17.8 Å². The summed E-state index contributed by atoms with van der Waals surface area (Å²) in [5.41, 5.74) is 0.225. The lowest BCUT2D eigenvalue weighted by molar-refractivity contribution is -0.592. The largest absolute Gasteiger partial charge is 0.717 e. The highest BCUT2D eigenvalue weighted by Gasteiger charge is 2.30. The molecule has 8 nitrogen and oxygen atoms in total. The van der Waals surface area contributed by atoms with Crippen LogP contribution in [-0.2, 0) is 16.8 Å². The first-order valence-corrected chi connectivity index (χ1v) is 6.73. The van der Waals surface area contributed by atoms with Gasteiger partial charge in [-0.05, 0) is 15.8 Å². The van der Waals surface area contributed by atoms with Crippen molar-refractivity contribution in [1.82, 2.24) is 15.1 Å². The van der Waals surface area contributed by atoms with Gasteiger partial charge < -0.3 is 4.55 Å². The van der Waals surface area contributed by atoms with Gasteiger partial charge in [0, 0.05) is 5.56 Å². The molecule has 1 heterocycles. The number of rotatable bonds is 4. The predicted molar refractivity (Wildman–Crippen MR) is 60.9 cm³/mol. The number of aryl methyl sites for hydroxylation is 1. The number of ketones is 1. The van der Waals surface area contributed by atoms with E-state index in [4.69, 9.17) is 0 Å². The SMILES string of the molecule is CCn1nc(C(=O)c2ccccc2)[n+](S(=O)(=O)[O-])n1. The van der Waals surface area contributed by atoms with Gasteiger partial charge in [-0.1, -0.05) is 30.3 Å². The average Bonchev–Trinajstić information content (AvgIpc) is 2.83. The molecule has 1 aromatic heterocycles. The summed E-state index contributed by atoms with van der Waals surface area (Å²) in [4.78, 5) is 13.1. The van der Waals surface area contributed by atoms with Crippen molar-refractivity contribution in [2.24, 2.45) is 0 Å². The van der Waals surface area contributed by atoms with Crippen LogP contribution in [0.4, 0.5) is 0 Å². The van der Waals surface area contributed by atoms with E-state index in [1.165, 1.54) is 12.1 Å². The molecule has 0 radical (unpaired) electrons. The second kappa shape index (κ2) is 4.86. The Hall–Kier alpha value is -2.13. The van der Waals surface area contributed by atoms with E-state index in [2.05, 4.69) is 10.3 Å². The average molecular weight is 282 g/mol. The molecule has 0 spiro atoms. The lowest BCUT2D eigenvalue weighted by Gasteiger charge is -2.01. The molecular formula is C10H10N4O4S. The fourth-order valence-electron chi connectivity index (χ4n) is 1.44. The second-order valence-electron chi connectivity index (χ2n) is 3.60. The van der Waals surface area contributed by atoms with Gasteiger partial charge >= 0.3 is 5.82 Å². The van der Waals surface area contributed by atoms with Crippen molar-refractivity contribution >= 4 is 16.1 Å².